The van der Waals surface area contributed by atoms with E-state index in [-0.39, 0.29) is 24.8 Å². The van der Waals surface area contributed by atoms with Crippen LogP contribution in [-0.2, 0) is 38.5 Å². The zero-order chi connectivity index (χ0) is 29.2. The van der Waals surface area contributed by atoms with Gasteiger partial charge < -0.3 is 15.0 Å². The van der Waals surface area contributed by atoms with Gasteiger partial charge in [-0.25, -0.2) is 0 Å². The summed E-state index contributed by atoms with van der Waals surface area (Å²) in [5.74, 6) is -0.0772. The summed E-state index contributed by atoms with van der Waals surface area (Å²) in [6.45, 7) is 4.92. The molecular formula is C27H23F6N5O2. The lowest BCUT2D eigenvalue weighted by molar-refractivity contribution is -0.142. The van der Waals surface area contributed by atoms with E-state index in [0.29, 0.717) is 41.1 Å². The third-order valence-corrected chi connectivity index (χ3v) is 6.09. The molecule has 1 amide bonds. The molecule has 0 saturated carbocycles. The topological polar surface area (TPSA) is 91.1 Å². The molecule has 2 aliphatic rings. The lowest BCUT2D eigenvalue weighted by Crippen LogP contribution is -2.26. The number of hydrogen-bond acceptors (Lipinski definition) is 6. The van der Waals surface area contributed by atoms with Gasteiger partial charge in [-0.05, 0) is 66.4 Å². The van der Waals surface area contributed by atoms with Crippen LogP contribution in [0.25, 0.3) is 0 Å². The average molecular weight is 564 g/mol. The molecule has 2 aliphatic heterocycles. The van der Waals surface area contributed by atoms with E-state index in [0.717, 1.165) is 23.9 Å². The number of carbonyl (C=O) groups excluding carboxylic acids is 1. The van der Waals surface area contributed by atoms with Crippen molar-refractivity contribution in [3.05, 3.63) is 87.5 Å². The number of nitriles is 1. The molecule has 40 heavy (non-hydrogen) atoms. The van der Waals surface area contributed by atoms with Gasteiger partial charge in [-0.15, -0.1) is 0 Å². The minimum atomic E-state index is -4.54. The van der Waals surface area contributed by atoms with Crippen molar-refractivity contribution in [3.63, 3.8) is 0 Å². The molecule has 7 nitrogen and oxygen atoms in total. The maximum absolute atomic E-state index is 13.0. The van der Waals surface area contributed by atoms with Crippen molar-refractivity contribution in [1.82, 2.24) is 20.2 Å². The number of benzene rings is 1. The number of aromatic nitrogens is 2. The van der Waals surface area contributed by atoms with Gasteiger partial charge in [0.1, 0.15) is 17.1 Å². The fourth-order valence-electron chi connectivity index (χ4n) is 4.21. The highest BCUT2D eigenvalue weighted by Gasteiger charge is 2.35. The highest BCUT2D eigenvalue weighted by atomic mass is 19.4. The van der Waals surface area contributed by atoms with Crippen molar-refractivity contribution in [1.29, 1.82) is 5.26 Å². The third-order valence-electron chi connectivity index (χ3n) is 6.09. The molecule has 1 N–H and O–H groups in total. The Balaban J connectivity index is 0.000000236. The number of halogens is 6. The molecule has 0 saturated heterocycles. The minimum Gasteiger partial charge on any atom is -0.490 e. The van der Waals surface area contributed by atoms with Crippen molar-refractivity contribution in [2.75, 3.05) is 0 Å². The van der Waals surface area contributed by atoms with Crippen molar-refractivity contribution >= 4 is 5.91 Å². The summed E-state index contributed by atoms with van der Waals surface area (Å²) in [6, 6.07) is 8.59. The van der Waals surface area contributed by atoms with Crippen LogP contribution >= 0.6 is 0 Å². The molecule has 5 rings (SSSR count). The summed E-state index contributed by atoms with van der Waals surface area (Å²) < 4.78 is 80.7. The Hall–Kier alpha value is -4.18. The molecule has 0 aliphatic carbocycles. The smallest absolute Gasteiger partial charge is 0.433 e. The monoisotopic (exact) mass is 563 g/mol. The van der Waals surface area contributed by atoms with Crippen molar-refractivity contribution in [2.24, 2.45) is 0 Å². The van der Waals surface area contributed by atoms with E-state index < -0.39 is 29.6 Å². The standard InChI is InChI=1S/C19H16F3N3O2.C8H7F3N2/c1-11(2)27-16-4-3-12(7-23)5-15(16)18(26)25-9-13-6-17(19(20,21)22)24-8-14(13)10-25;9-8(10,11)7-1-5-2-12-3-6(5)4-13-7/h3-6,8,11H,9-10H2,1-2H3;1,4,12H,2-3H2. The molecule has 0 atom stereocenters. The molecule has 3 aromatic rings. The highest BCUT2D eigenvalue weighted by Crippen LogP contribution is 2.33. The summed E-state index contributed by atoms with van der Waals surface area (Å²) >= 11 is 0. The van der Waals surface area contributed by atoms with Crippen LogP contribution in [-0.4, -0.2) is 26.9 Å². The summed E-state index contributed by atoms with van der Waals surface area (Å²) in [5, 5.41) is 12.1. The Labute approximate surface area is 225 Å². The largest absolute Gasteiger partial charge is 0.490 e. The number of fused-ring (bicyclic) bond motifs is 2. The van der Waals surface area contributed by atoms with Gasteiger partial charge in [0.2, 0.25) is 0 Å². The fraction of sp³-hybridized carbons (Fsp3) is 0.333. The van der Waals surface area contributed by atoms with E-state index in [1.807, 2.05) is 19.9 Å². The number of hydrogen-bond donors (Lipinski definition) is 1. The zero-order valence-corrected chi connectivity index (χ0v) is 21.3. The van der Waals surface area contributed by atoms with Crippen LogP contribution in [0.15, 0.2) is 42.7 Å². The van der Waals surface area contributed by atoms with E-state index in [4.69, 9.17) is 10.00 Å². The summed E-state index contributed by atoms with van der Waals surface area (Å²) in [5.41, 5.74) is 1.25. The van der Waals surface area contributed by atoms with Crippen LogP contribution in [0.4, 0.5) is 26.3 Å². The molecule has 13 heteroatoms. The first-order chi connectivity index (χ1) is 18.8. The normalized spacial score (nSPS) is 14.2. The van der Waals surface area contributed by atoms with Gasteiger partial charge in [0.25, 0.3) is 5.91 Å². The number of nitrogens with zero attached hydrogens (tertiary/aromatic N) is 4. The van der Waals surface area contributed by atoms with Gasteiger partial charge in [0.15, 0.2) is 0 Å². The predicted molar refractivity (Wildman–Crippen MR) is 130 cm³/mol. The Bertz CT molecular complexity index is 1460. The molecule has 0 radical (unpaired) electrons. The van der Waals surface area contributed by atoms with Gasteiger partial charge in [0.05, 0.1) is 23.3 Å². The summed E-state index contributed by atoms with van der Waals surface area (Å²) in [6.07, 6.45) is -6.61. The minimum absolute atomic E-state index is 0.0394. The molecule has 0 bridgehead atoms. The molecule has 0 spiro atoms. The predicted octanol–water partition coefficient (Wildman–Crippen LogP) is 5.62. The van der Waals surface area contributed by atoms with Gasteiger partial charge in [-0.2, -0.15) is 31.6 Å². The van der Waals surface area contributed by atoms with E-state index in [1.54, 1.807) is 12.1 Å². The Kier molecular flexibility index (Phi) is 8.02. The number of alkyl halides is 6. The second kappa shape index (κ2) is 11.1. The lowest BCUT2D eigenvalue weighted by atomic mass is 10.1. The second-order valence-corrected chi connectivity index (χ2v) is 9.43. The first-order valence-electron chi connectivity index (χ1n) is 12.1. The Morgan fingerprint density at radius 1 is 0.925 bits per heavy atom. The summed E-state index contributed by atoms with van der Waals surface area (Å²) in [4.78, 5) is 21.2. The SMILES string of the molecule is CC(C)Oc1ccc(C#N)cc1C(=O)N1Cc2cnc(C(F)(F)F)cc2C1.FC(F)(F)c1cc2c(cn1)CNC2. The van der Waals surface area contributed by atoms with Crippen molar-refractivity contribution in [2.45, 2.75) is 58.5 Å². The number of ether oxygens (including phenoxy) is 1. The molecule has 2 aromatic heterocycles. The van der Waals surface area contributed by atoms with E-state index in [1.165, 1.54) is 17.2 Å². The average Bonchev–Trinajstić information content (AvgIpc) is 3.53. The first-order valence-corrected chi connectivity index (χ1v) is 12.1. The number of amides is 1. The third kappa shape index (κ3) is 6.51. The molecule has 1 aromatic carbocycles. The molecule has 4 heterocycles. The fourth-order valence-corrected chi connectivity index (χ4v) is 4.21. The van der Waals surface area contributed by atoms with E-state index in [2.05, 4.69) is 15.3 Å². The molecule has 0 fully saturated rings. The highest BCUT2D eigenvalue weighted by molar-refractivity contribution is 5.97. The molecular weight excluding hydrogens is 540 g/mol. The lowest BCUT2D eigenvalue weighted by Gasteiger charge is -2.19. The van der Waals surface area contributed by atoms with Crippen LogP contribution in [0.1, 0.15) is 63.4 Å². The molecule has 0 unspecified atom stereocenters. The van der Waals surface area contributed by atoms with Crippen molar-refractivity contribution < 1.29 is 35.9 Å². The quantitative estimate of drug-likeness (QED) is 0.416. The van der Waals surface area contributed by atoms with Crippen LogP contribution in [0.3, 0.4) is 0 Å². The summed E-state index contributed by atoms with van der Waals surface area (Å²) in [7, 11) is 0. The number of nitrogens with one attached hydrogen (secondary N) is 1. The van der Waals surface area contributed by atoms with Gasteiger partial charge in [-0.3, -0.25) is 14.8 Å². The van der Waals surface area contributed by atoms with E-state index >= 15 is 0 Å². The maximum atomic E-state index is 13.0. The van der Waals surface area contributed by atoms with Crippen LogP contribution < -0.4 is 10.1 Å². The molecule has 210 valence electrons. The van der Waals surface area contributed by atoms with Crippen molar-refractivity contribution in [3.8, 4) is 11.8 Å². The van der Waals surface area contributed by atoms with Gasteiger partial charge in [-0.1, -0.05) is 0 Å². The first kappa shape index (κ1) is 28.8. The van der Waals surface area contributed by atoms with Gasteiger partial charge in [0, 0.05) is 38.6 Å². The zero-order valence-electron chi connectivity index (χ0n) is 21.3. The van der Waals surface area contributed by atoms with Gasteiger partial charge >= 0.3 is 12.4 Å². The Morgan fingerprint density at radius 3 is 2.10 bits per heavy atom. The number of rotatable bonds is 3. The number of pyridine rings is 2. The maximum Gasteiger partial charge on any atom is 0.433 e. The Morgan fingerprint density at radius 2 is 1.50 bits per heavy atom. The number of carbonyl (C=O) groups is 1. The van der Waals surface area contributed by atoms with Crippen LogP contribution in [0.2, 0.25) is 0 Å². The van der Waals surface area contributed by atoms with Crippen LogP contribution in [0.5, 0.6) is 5.75 Å². The second-order valence-electron chi connectivity index (χ2n) is 9.43. The van der Waals surface area contributed by atoms with Crippen LogP contribution in [0, 0.1) is 11.3 Å². The van der Waals surface area contributed by atoms with E-state index in [9.17, 15) is 31.1 Å².